The highest BCUT2D eigenvalue weighted by molar-refractivity contribution is 6.46. The number of benzene rings is 1. The van der Waals surface area contributed by atoms with Crippen molar-refractivity contribution in [3.63, 3.8) is 0 Å². The number of Topliss-reactive ketones (excluding diaryl/α,β-unsaturated/α-hetero) is 1. The second-order valence-electron chi connectivity index (χ2n) is 7.82. The van der Waals surface area contributed by atoms with Crippen LogP contribution in [0.5, 0.6) is 11.5 Å². The fourth-order valence-corrected chi connectivity index (χ4v) is 3.76. The molecule has 2 heterocycles. The van der Waals surface area contributed by atoms with Crippen LogP contribution in [0.3, 0.4) is 0 Å². The molecule has 170 valence electrons. The molecule has 0 spiro atoms. The summed E-state index contributed by atoms with van der Waals surface area (Å²) < 4.78 is 10.9. The molecule has 9 nitrogen and oxygen atoms in total. The third-order valence-corrected chi connectivity index (χ3v) is 5.41. The third-order valence-electron chi connectivity index (χ3n) is 5.41. The molecule has 32 heavy (non-hydrogen) atoms. The summed E-state index contributed by atoms with van der Waals surface area (Å²) in [4.78, 5) is 38.0. The van der Waals surface area contributed by atoms with E-state index in [1.807, 2.05) is 19.0 Å². The molecular formula is C23H28N4O5. The fourth-order valence-electron chi connectivity index (χ4n) is 3.76. The fraction of sp³-hybridized carbons (Fsp3) is 0.391. The van der Waals surface area contributed by atoms with Crippen LogP contribution in [0.15, 0.2) is 30.0 Å². The Bertz CT molecular complexity index is 1080. The van der Waals surface area contributed by atoms with Crippen molar-refractivity contribution in [1.29, 1.82) is 0 Å². The highest BCUT2D eigenvalue weighted by atomic mass is 16.5. The number of methoxy groups -OCH3 is 2. The Balaban J connectivity index is 2.27. The number of ether oxygens (including phenoxy) is 2. The number of amides is 1. The number of aryl methyl sites for hydroxylation is 2. The molecule has 1 N–H and O–H groups in total. The molecule has 1 aromatic heterocycles. The summed E-state index contributed by atoms with van der Waals surface area (Å²) >= 11 is 0. The Hall–Kier alpha value is -3.46. The first kappa shape index (κ1) is 23.2. The first-order valence-electron chi connectivity index (χ1n) is 10.1. The van der Waals surface area contributed by atoms with Crippen LogP contribution in [-0.2, 0) is 9.59 Å². The Labute approximate surface area is 187 Å². The largest absolute Gasteiger partial charge is 0.507 e. The van der Waals surface area contributed by atoms with E-state index < -0.39 is 17.7 Å². The van der Waals surface area contributed by atoms with Crippen LogP contribution in [0.2, 0.25) is 0 Å². The summed E-state index contributed by atoms with van der Waals surface area (Å²) in [5.41, 5.74) is 1.31. The maximum Gasteiger partial charge on any atom is 0.295 e. The number of rotatable bonds is 7. The van der Waals surface area contributed by atoms with Gasteiger partial charge in [-0.05, 0) is 46.1 Å². The Morgan fingerprint density at radius 3 is 2.50 bits per heavy atom. The van der Waals surface area contributed by atoms with Gasteiger partial charge in [0.25, 0.3) is 11.7 Å². The van der Waals surface area contributed by atoms with Gasteiger partial charge in [0, 0.05) is 24.8 Å². The van der Waals surface area contributed by atoms with E-state index in [0.717, 1.165) is 0 Å². The van der Waals surface area contributed by atoms with Gasteiger partial charge in [-0.15, -0.1) is 0 Å². The summed E-state index contributed by atoms with van der Waals surface area (Å²) in [5.74, 6) is -0.228. The number of nitrogens with zero attached hydrogens (tertiary/aromatic N) is 4. The minimum Gasteiger partial charge on any atom is -0.507 e. The highest BCUT2D eigenvalue weighted by Crippen LogP contribution is 2.43. The monoisotopic (exact) mass is 440 g/mol. The van der Waals surface area contributed by atoms with Gasteiger partial charge in [0.15, 0.2) is 0 Å². The molecule has 9 heteroatoms. The summed E-state index contributed by atoms with van der Waals surface area (Å²) in [7, 11) is 6.80. The smallest absolute Gasteiger partial charge is 0.295 e. The summed E-state index contributed by atoms with van der Waals surface area (Å²) in [6.07, 6.45) is 1.46. The zero-order chi connectivity index (χ0) is 23.6. The Morgan fingerprint density at radius 2 is 1.91 bits per heavy atom. The number of likely N-dealkylation sites (tertiary alicyclic amines) is 1. The second kappa shape index (κ2) is 9.35. The van der Waals surface area contributed by atoms with Gasteiger partial charge in [0.1, 0.15) is 23.1 Å². The SMILES string of the molecule is COc1ccc(OC)c([C@H]2C(=C(O)c3cnc(C)nc3C)C(=O)C(=O)N2CCN(C)C)c1. The minimum absolute atomic E-state index is 0.0316. The number of likely N-dealkylation sites (N-methyl/N-ethyl adjacent to an activating group) is 1. The van der Waals surface area contributed by atoms with E-state index in [0.29, 0.717) is 40.7 Å². The molecule has 1 aliphatic heterocycles. The van der Waals surface area contributed by atoms with E-state index in [2.05, 4.69) is 9.97 Å². The van der Waals surface area contributed by atoms with Gasteiger partial charge in [-0.3, -0.25) is 9.59 Å². The first-order valence-corrected chi connectivity index (χ1v) is 10.1. The maximum atomic E-state index is 13.2. The molecule has 3 rings (SSSR count). The third kappa shape index (κ3) is 4.29. The quantitative estimate of drug-likeness (QED) is 0.396. The lowest BCUT2D eigenvalue weighted by molar-refractivity contribution is -0.140. The topological polar surface area (TPSA) is 105 Å². The van der Waals surface area contributed by atoms with Crippen LogP contribution in [-0.4, -0.2) is 78.0 Å². The van der Waals surface area contributed by atoms with Crippen molar-refractivity contribution in [2.75, 3.05) is 41.4 Å². The second-order valence-corrected chi connectivity index (χ2v) is 7.82. The number of hydrogen-bond donors (Lipinski definition) is 1. The van der Waals surface area contributed by atoms with Crippen molar-refractivity contribution >= 4 is 17.4 Å². The van der Waals surface area contributed by atoms with Crippen LogP contribution in [0.25, 0.3) is 5.76 Å². The van der Waals surface area contributed by atoms with Crippen LogP contribution in [0.4, 0.5) is 0 Å². The molecule has 0 unspecified atom stereocenters. The molecule has 0 bridgehead atoms. The number of carbonyl (C=O) groups excluding carboxylic acids is 2. The van der Waals surface area contributed by atoms with E-state index in [4.69, 9.17) is 9.47 Å². The van der Waals surface area contributed by atoms with Crippen LogP contribution in [0.1, 0.15) is 28.7 Å². The van der Waals surface area contributed by atoms with Crippen molar-refractivity contribution in [3.05, 3.63) is 52.6 Å². The zero-order valence-electron chi connectivity index (χ0n) is 19.2. The van der Waals surface area contributed by atoms with E-state index in [-0.39, 0.29) is 17.9 Å². The number of hydrogen-bond acceptors (Lipinski definition) is 8. The molecule has 0 radical (unpaired) electrons. The van der Waals surface area contributed by atoms with Crippen LogP contribution in [0, 0.1) is 13.8 Å². The van der Waals surface area contributed by atoms with Crippen molar-refractivity contribution in [2.24, 2.45) is 0 Å². The molecule has 0 saturated carbocycles. The lowest BCUT2D eigenvalue weighted by Crippen LogP contribution is -2.35. The number of aliphatic hydroxyl groups excluding tert-OH is 1. The maximum absolute atomic E-state index is 13.2. The van der Waals surface area contributed by atoms with Gasteiger partial charge in [-0.1, -0.05) is 0 Å². The van der Waals surface area contributed by atoms with Crippen LogP contribution < -0.4 is 9.47 Å². The summed E-state index contributed by atoms with van der Waals surface area (Å²) in [6.45, 7) is 4.26. The molecular weight excluding hydrogens is 412 g/mol. The van der Waals surface area contributed by atoms with Crippen molar-refractivity contribution in [3.8, 4) is 11.5 Å². The van der Waals surface area contributed by atoms with Crippen molar-refractivity contribution in [2.45, 2.75) is 19.9 Å². The number of ketones is 1. The molecule has 0 aliphatic carbocycles. The van der Waals surface area contributed by atoms with E-state index >= 15 is 0 Å². The standard InChI is InChI=1S/C23H28N4O5/c1-13-17(12-24-14(2)25-13)21(28)19-20(16-11-15(31-5)7-8-18(16)32-6)27(10-9-26(3)4)23(30)22(19)29/h7-8,11-12,20,28H,9-10H2,1-6H3/t20-/m0/s1. The van der Waals surface area contributed by atoms with Crippen molar-refractivity contribution in [1.82, 2.24) is 19.8 Å². The molecule has 1 saturated heterocycles. The zero-order valence-corrected chi connectivity index (χ0v) is 19.2. The molecule has 1 fully saturated rings. The number of aliphatic hydroxyl groups is 1. The van der Waals surface area contributed by atoms with Gasteiger partial charge in [0.05, 0.1) is 37.1 Å². The van der Waals surface area contributed by atoms with Crippen molar-refractivity contribution < 1.29 is 24.2 Å². The Kier molecular flexibility index (Phi) is 6.78. The first-order chi connectivity index (χ1) is 15.2. The molecule has 2 aromatic rings. The predicted octanol–water partition coefficient (Wildman–Crippen LogP) is 2.09. The van der Waals surface area contributed by atoms with Gasteiger partial charge in [0.2, 0.25) is 0 Å². The van der Waals surface area contributed by atoms with Gasteiger partial charge in [-0.2, -0.15) is 0 Å². The normalized spacial score (nSPS) is 17.8. The van der Waals surface area contributed by atoms with E-state index in [9.17, 15) is 14.7 Å². The van der Waals surface area contributed by atoms with Crippen LogP contribution >= 0.6 is 0 Å². The molecule has 1 atom stereocenters. The average molecular weight is 441 g/mol. The summed E-state index contributed by atoms with van der Waals surface area (Å²) in [5, 5.41) is 11.2. The van der Waals surface area contributed by atoms with Gasteiger partial charge in [-0.25, -0.2) is 9.97 Å². The predicted molar refractivity (Wildman–Crippen MR) is 119 cm³/mol. The molecule has 1 aromatic carbocycles. The number of carbonyl (C=O) groups is 2. The van der Waals surface area contributed by atoms with E-state index in [1.54, 1.807) is 32.0 Å². The molecule has 1 aliphatic rings. The number of aromatic nitrogens is 2. The lowest BCUT2D eigenvalue weighted by atomic mass is 9.94. The lowest BCUT2D eigenvalue weighted by Gasteiger charge is -2.28. The summed E-state index contributed by atoms with van der Waals surface area (Å²) in [6, 6.07) is 4.29. The molecule has 1 amide bonds. The average Bonchev–Trinajstić information content (AvgIpc) is 3.01. The minimum atomic E-state index is -0.860. The highest BCUT2D eigenvalue weighted by Gasteiger charge is 2.47. The van der Waals surface area contributed by atoms with E-state index in [1.165, 1.54) is 25.3 Å². The van der Waals surface area contributed by atoms with Gasteiger partial charge < -0.3 is 24.4 Å². The van der Waals surface area contributed by atoms with Gasteiger partial charge >= 0.3 is 0 Å². The Morgan fingerprint density at radius 1 is 1.19 bits per heavy atom.